The highest BCUT2D eigenvalue weighted by atomic mass is 32.2. The first-order valence-electron chi connectivity index (χ1n) is 9.70. The number of carbonyl (C=O) groups is 1. The number of hydrogen-bond acceptors (Lipinski definition) is 5. The van der Waals surface area contributed by atoms with Gasteiger partial charge in [-0.3, -0.25) is 9.36 Å². The number of imidazole rings is 1. The molecule has 0 radical (unpaired) electrons. The van der Waals surface area contributed by atoms with Crippen molar-refractivity contribution in [3.05, 3.63) is 53.5 Å². The van der Waals surface area contributed by atoms with Crippen molar-refractivity contribution in [2.24, 2.45) is 0 Å². The fourth-order valence-corrected chi connectivity index (χ4v) is 4.05. The highest BCUT2D eigenvalue weighted by molar-refractivity contribution is 7.99. The van der Waals surface area contributed by atoms with Crippen LogP contribution >= 0.6 is 11.8 Å². The second-order valence-corrected chi connectivity index (χ2v) is 7.76. The average Bonchev–Trinajstić information content (AvgIpc) is 3.29. The molecule has 156 valence electrons. The number of amides is 1. The maximum Gasteiger partial charge on any atom is 0.236 e. The SMILES string of the molecule is CCCn1ccnc1SCC(=O)Nc1c(C#N)c(C)c(C)n1-c1ccc(OC)cc1. The molecule has 8 heteroatoms. The standard InChI is InChI=1S/C22H25N5O2S/c1-5-11-26-12-10-24-22(26)30-14-20(28)25-21-19(13-23)15(2)16(3)27(21)17-6-8-18(29-4)9-7-17/h6-10,12H,5,11,14H2,1-4H3,(H,25,28). The van der Waals surface area contributed by atoms with Crippen molar-refractivity contribution in [3.63, 3.8) is 0 Å². The molecule has 0 aliphatic heterocycles. The van der Waals surface area contributed by atoms with Gasteiger partial charge in [0.1, 0.15) is 17.6 Å². The molecule has 0 spiro atoms. The van der Waals surface area contributed by atoms with Gasteiger partial charge in [0.05, 0.1) is 18.4 Å². The Labute approximate surface area is 180 Å². The number of rotatable bonds is 8. The summed E-state index contributed by atoms with van der Waals surface area (Å²) in [5, 5.41) is 13.5. The third kappa shape index (κ3) is 4.36. The Hall–Kier alpha value is -3.18. The second-order valence-electron chi connectivity index (χ2n) is 6.82. The molecule has 2 aromatic heterocycles. The van der Waals surface area contributed by atoms with Crippen LogP contribution in [0, 0.1) is 25.2 Å². The lowest BCUT2D eigenvalue weighted by atomic mass is 10.2. The number of thioether (sulfide) groups is 1. The van der Waals surface area contributed by atoms with Crippen molar-refractivity contribution in [2.75, 3.05) is 18.2 Å². The van der Waals surface area contributed by atoms with Crippen molar-refractivity contribution < 1.29 is 9.53 Å². The summed E-state index contributed by atoms with van der Waals surface area (Å²) in [6.45, 7) is 6.79. The van der Waals surface area contributed by atoms with Crippen molar-refractivity contribution in [1.29, 1.82) is 5.26 Å². The molecule has 0 bridgehead atoms. The lowest BCUT2D eigenvalue weighted by molar-refractivity contribution is -0.113. The van der Waals surface area contributed by atoms with E-state index in [2.05, 4.69) is 23.3 Å². The summed E-state index contributed by atoms with van der Waals surface area (Å²) in [6.07, 6.45) is 4.65. The molecule has 3 aromatic rings. The lowest BCUT2D eigenvalue weighted by Gasteiger charge is -2.14. The van der Waals surface area contributed by atoms with Crippen LogP contribution < -0.4 is 10.1 Å². The molecule has 3 rings (SSSR count). The molecule has 0 unspecified atom stereocenters. The Kier molecular flexibility index (Phi) is 6.85. The van der Waals surface area contributed by atoms with Crippen LogP contribution in [0.1, 0.15) is 30.2 Å². The summed E-state index contributed by atoms with van der Waals surface area (Å²) >= 11 is 1.38. The fourth-order valence-electron chi connectivity index (χ4n) is 3.26. The van der Waals surface area contributed by atoms with Crippen LogP contribution in [0.15, 0.2) is 41.8 Å². The molecule has 0 saturated heterocycles. The van der Waals surface area contributed by atoms with Crippen molar-refractivity contribution in [3.8, 4) is 17.5 Å². The number of carbonyl (C=O) groups excluding carboxylic acids is 1. The number of anilines is 1. The van der Waals surface area contributed by atoms with E-state index in [9.17, 15) is 10.1 Å². The van der Waals surface area contributed by atoms with Crippen LogP contribution in [0.3, 0.4) is 0 Å². The van der Waals surface area contributed by atoms with Crippen LogP contribution in [0.5, 0.6) is 5.75 Å². The number of nitrogens with one attached hydrogen (secondary N) is 1. The summed E-state index contributed by atoms with van der Waals surface area (Å²) in [5.41, 5.74) is 3.06. The van der Waals surface area contributed by atoms with Gasteiger partial charge in [-0.2, -0.15) is 5.26 Å². The number of hydrogen-bond donors (Lipinski definition) is 1. The molecule has 1 amide bonds. The van der Waals surface area contributed by atoms with Gasteiger partial charge < -0.3 is 14.6 Å². The van der Waals surface area contributed by atoms with Gasteiger partial charge in [-0.25, -0.2) is 4.98 Å². The predicted molar refractivity (Wildman–Crippen MR) is 118 cm³/mol. The van der Waals surface area contributed by atoms with E-state index < -0.39 is 0 Å². The summed E-state index contributed by atoms with van der Waals surface area (Å²) < 4.78 is 9.16. The third-order valence-corrected chi connectivity index (χ3v) is 5.89. The van der Waals surface area contributed by atoms with Gasteiger partial charge in [0.2, 0.25) is 5.91 Å². The molecular weight excluding hydrogens is 398 g/mol. The Morgan fingerprint density at radius 3 is 2.67 bits per heavy atom. The number of benzene rings is 1. The van der Waals surface area contributed by atoms with Gasteiger partial charge >= 0.3 is 0 Å². The Morgan fingerprint density at radius 2 is 2.03 bits per heavy atom. The molecule has 0 atom stereocenters. The molecule has 2 heterocycles. The van der Waals surface area contributed by atoms with E-state index in [1.54, 1.807) is 13.3 Å². The minimum atomic E-state index is -0.185. The summed E-state index contributed by atoms with van der Waals surface area (Å²) in [7, 11) is 1.61. The zero-order chi connectivity index (χ0) is 21.7. The van der Waals surface area contributed by atoms with Gasteiger partial charge in [0.25, 0.3) is 0 Å². The lowest BCUT2D eigenvalue weighted by Crippen LogP contribution is -2.18. The summed E-state index contributed by atoms with van der Waals surface area (Å²) in [4.78, 5) is 17.1. The zero-order valence-corrected chi connectivity index (χ0v) is 18.4. The van der Waals surface area contributed by atoms with Crippen LogP contribution in [-0.4, -0.2) is 32.9 Å². The number of nitriles is 1. The van der Waals surface area contributed by atoms with Gasteiger partial charge in [-0.05, 0) is 50.1 Å². The maximum absolute atomic E-state index is 12.7. The van der Waals surface area contributed by atoms with Crippen molar-refractivity contribution in [2.45, 2.75) is 38.9 Å². The van der Waals surface area contributed by atoms with Crippen molar-refractivity contribution >= 4 is 23.5 Å². The quantitative estimate of drug-likeness (QED) is 0.546. The Bertz CT molecular complexity index is 1080. The Balaban J connectivity index is 1.85. The Morgan fingerprint density at radius 1 is 1.30 bits per heavy atom. The number of nitrogens with zero attached hydrogens (tertiary/aromatic N) is 4. The van der Waals surface area contributed by atoms with E-state index in [-0.39, 0.29) is 11.7 Å². The fraction of sp³-hybridized carbons (Fsp3) is 0.318. The smallest absolute Gasteiger partial charge is 0.236 e. The van der Waals surface area contributed by atoms with Crippen LogP contribution in [-0.2, 0) is 11.3 Å². The highest BCUT2D eigenvalue weighted by Gasteiger charge is 2.21. The molecule has 0 aliphatic carbocycles. The van der Waals surface area contributed by atoms with Gasteiger partial charge in [-0.15, -0.1) is 0 Å². The zero-order valence-electron chi connectivity index (χ0n) is 17.6. The molecular formula is C22H25N5O2S. The van der Waals surface area contributed by atoms with E-state index >= 15 is 0 Å². The molecule has 1 N–H and O–H groups in total. The van der Waals surface area contributed by atoms with E-state index in [4.69, 9.17) is 4.74 Å². The minimum Gasteiger partial charge on any atom is -0.497 e. The number of methoxy groups -OCH3 is 1. The van der Waals surface area contributed by atoms with E-state index in [0.29, 0.717) is 11.4 Å². The topological polar surface area (TPSA) is 84.9 Å². The van der Waals surface area contributed by atoms with Crippen LogP contribution in [0.4, 0.5) is 5.82 Å². The summed E-state index contributed by atoms with van der Waals surface area (Å²) in [6, 6.07) is 9.74. The third-order valence-electron chi connectivity index (χ3n) is 4.89. The highest BCUT2D eigenvalue weighted by Crippen LogP contribution is 2.31. The number of ether oxygens (including phenoxy) is 1. The second kappa shape index (κ2) is 9.55. The maximum atomic E-state index is 12.7. The normalized spacial score (nSPS) is 10.6. The first kappa shape index (κ1) is 21.5. The molecule has 7 nitrogen and oxygen atoms in total. The minimum absolute atomic E-state index is 0.185. The largest absolute Gasteiger partial charge is 0.497 e. The van der Waals surface area contributed by atoms with E-state index in [1.807, 2.05) is 53.4 Å². The molecule has 0 aliphatic rings. The van der Waals surface area contributed by atoms with E-state index in [0.717, 1.165) is 40.8 Å². The van der Waals surface area contributed by atoms with Crippen molar-refractivity contribution in [1.82, 2.24) is 14.1 Å². The molecule has 0 saturated carbocycles. The van der Waals surface area contributed by atoms with Crippen LogP contribution in [0.2, 0.25) is 0 Å². The van der Waals surface area contributed by atoms with Gasteiger partial charge in [0, 0.05) is 30.3 Å². The molecule has 30 heavy (non-hydrogen) atoms. The monoisotopic (exact) mass is 423 g/mol. The first-order chi connectivity index (χ1) is 14.5. The number of aromatic nitrogens is 3. The van der Waals surface area contributed by atoms with Gasteiger partial charge in [-0.1, -0.05) is 18.7 Å². The molecule has 1 aromatic carbocycles. The van der Waals surface area contributed by atoms with E-state index in [1.165, 1.54) is 11.8 Å². The molecule has 0 fully saturated rings. The van der Waals surface area contributed by atoms with Gasteiger partial charge in [0.15, 0.2) is 5.16 Å². The predicted octanol–water partition coefficient (Wildman–Crippen LogP) is 4.31. The summed E-state index contributed by atoms with van der Waals surface area (Å²) in [5.74, 6) is 1.25. The number of aryl methyl sites for hydroxylation is 1. The van der Waals surface area contributed by atoms with Crippen LogP contribution in [0.25, 0.3) is 5.69 Å². The average molecular weight is 424 g/mol. The first-order valence-corrected chi connectivity index (χ1v) is 10.7.